The highest BCUT2D eigenvalue weighted by Crippen LogP contribution is 2.13. The maximum Gasteiger partial charge on any atom is 0.269 e. The predicted molar refractivity (Wildman–Crippen MR) is 130 cm³/mol. The molecule has 154 valence electrons. The first-order valence-corrected chi connectivity index (χ1v) is 13.1. The second kappa shape index (κ2) is 12.5. The Balaban J connectivity index is 1.61. The minimum absolute atomic E-state index is 0.168. The summed E-state index contributed by atoms with van der Waals surface area (Å²) >= 11 is 4.55. The lowest BCUT2D eigenvalue weighted by Gasteiger charge is -2.11. The Morgan fingerprint density at radius 3 is 2.04 bits per heavy atom. The molecule has 1 unspecified atom stereocenters. The van der Waals surface area contributed by atoms with Crippen LogP contribution in [0.5, 0.6) is 0 Å². The fourth-order valence-electron chi connectivity index (χ4n) is 2.91. The fourth-order valence-corrected chi connectivity index (χ4v) is 5.23. The molecular weight excluding hydrogens is 602 g/mol. The first-order valence-electron chi connectivity index (χ1n) is 9.38. The molecule has 0 aromatic heterocycles. The van der Waals surface area contributed by atoms with Gasteiger partial charge in [0, 0.05) is 7.14 Å². The van der Waals surface area contributed by atoms with E-state index in [1.165, 1.54) is 18.3 Å². The van der Waals surface area contributed by atoms with Crippen LogP contribution in [-0.2, 0) is 27.1 Å². The number of hydrogen-bond acceptors (Lipinski definition) is 4. The van der Waals surface area contributed by atoms with Gasteiger partial charge in [-0.05, 0) is 119 Å². The van der Waals surface area contributed by atoms with E-state index in [4.69, 9.17) is 4.18 Å². The van der Waals surface area contributed by atoms with E-state index in [1.807, 2.05) is 30.3 Å². The Bertz CT molecular complexity index is 840. The normalized spacial score (nSPS) is 12.8. The molecule has 0 aliphatic carbocycles. The average molecular weight is 628 g/mol. The number of rotatable bonds is 12. The van der Waals surface area contributed by atoms with Gasteiger partial charge in [0.25, 0.3) is 10.1 Å². The third kappa shape index (κ3) is 10.00. The lowest BCUT2D eigenvalue weighted by molar-refractivity contribution is 0.178. The van der Waals surface area contributed by atoms with Crippen molar-refractivity contribution < 1.29 is 17.7 Å². The Kier molecular flexibility index (Phi) is 10.7. The SMILES string of the molecule is O=S(=O)(CC(O)CCCc1cccc(I)c1)OCCCCc1cccc(I)c1. The van der Waals surface area contributed by atoms with Crippen molar-refractivity contribution in [1.29, 1.82) is 0 Å². The van der Waals surface area contributed by atoms with Crippen LogP contribution >= 0.6 is 45.2 Å². The van der Waals surface area contributed by atoms with Crippen molar-refractivity contribution in [2.45, 2.75) is 44.6 Å². The molecule has 0 fully saturated rings. The van der Waals surface area contributed by atoms with Crippen molar-refractivity contribution >= 4 is 55.3 Å². The monoisotopic (exact) mass is 628 g/mol. The molecule has 0 saturated carbocycles. The Morgan fingerprint density at radius 1 is 0.893 bits per heavy atom. The second-order valence-electron chi connectivity index (χ2n) is 6.81. The molecule has 0 aliphatic rings. The van der Waals surface area contributed by atoms with Crippen molar-refractivity contribution in [1.82, 2.24) is 0 Å². The van der Waals surface area contributed by atoms with E-state index < -0.39 is 16.2 Å². The summed E-state index contributed by atoms with van der Waals surface area (Å²) in [6.45, 7) is 0.168. The molecule has 28 heavy (non-hydrogen) atoms. The van der Waals surface area contributed by atoms with Crippen LogP contribution in [0.1, 0.15) is 36.8 Å². The number of benzene rings is 2. The molecule has 0 bridgehead atoms. The van der Waals surface area contributed by atoms with Gasteiger partial charge >= 0.3 is 0 Å². The average Bonchev–Trinajstić information content (AvgIpc) is 2.61. The summed E-state index contributed by atoms with van der Waals surface area (Å²) in [7, 11) is -3.69. The van der Waals surface area contributed by atoms with Crippen LogP contribution in [0.15, 0.2) is 48.5 Å². The maximum atomic E-state index is 12.0. The highest BCUT2D eigenvalue weighted by atomic mass is 127. The largest absolute Gasteiger partial charge is 0.392 e. The molecule has 0 saturated heterocycles. The lowest BCUT2D eigenvalue weighted by Crippen LogP contribution is -2.23. The van der Waals surface area contributed by atoms with Crippen molar-refractivity contribution in [3.63, 3.8) is 0 Å². The van der Waals surface area contributed by atoms with Crippen LogP contribution in [-0.4, -0.2) is 32.0 Å². The Labute approximate surface area is 195 Å². The van der Waals surface area contributed by atoms with E-state index in [1.54, 1.807) is 0 Å². The van der Waals surface area contributed by atoms with Gasteiger partial charge in [0.2, 0.25) is 0 Å². The van der Waals surface area contributed by atoms with Gasteiger partial charge in [-0.2, -0.15) is 8.42 Å². The Hall–Kier alpha value is -0.230. The van der Waals surface area contributed by atoms with Gasteiger partial charge < -0.3 is 5.11 Å². The zero-order chi connectivity index (χ0) is 20.4. The van der Waals surface area contributed by atoms with Crippen molar-refractivity contribution in [3.8, 4) is 0 Å². The molecule has 0 aliphatic heterocycles. The summed E-state index contributed by atoms with van der Waals surface area (Å²) in [5, 5.41) is 10.0. The third-order valence-electron chi connectivity index (χ3n) is 4.30. The third-order valence-corrected chi connectivity index (χ3v) is 6.96. The molecule has 2 rings (SSSR count). The number of hydrogen-bond donors (Lipinski definition) is 1. The van der Waals surface area contributed by atoms with Crippen LogP contribution in [0.2, 0.25) is 0 Å². The predicted octanol–water partition coefficient (Wildman–Crippen LogP) is 4.95. The first-order chi connectivity index (χ1) is 13.3. The summed E-state index contributed by atoms with van der Waals surface area (Å²) in [6.07, 6.45) is 3.57. The van der Waals surface area contributed by atoms with Crippen LogP contribution in [0.25, 0.3) is 0 Å². The van der Waals surface area contributed by atoms with Gasteiger partial charge in [0.05, 0.1) is 12.7 Å². The van der Waals surface area contributed by atoms with Gasteiger partial charge in [0.15, 0.2) is 0 Å². The van der Waals surface area contributed by atoms with Crippen LogP contribution < -0.4 is 0 Å². The molecular formula is C21H26I2O4S. The van der Waals surface area contributed by atoms with Gasteiger partial charge in [-0.1, -0.05) is 24.3 Å². The van der Waals surface area contributed by atoms with E-state index in [2.05, 4.69) is 63.4 Å². The van der Waals surface area contributed by atoms with Gasteiger partial charge in [0.1, 0.15) is 5.75 Å². The molecule has 4 nitrogen and oxygen atoms in total. The van der Waals surface area contributed by atoms with Crippen molar-refractivity contribution in [2.75, 3.05) is 12.4 Å². The molecule has 1 N–H and O–H groups in total. The lowest BCUT2D eigenvalue weighted by atomic mass is 10.1. The summed E-state index contributed by atoms with van der Waals surface area (Å²) in [5.74, 6) is -0.337. The van der Waals surface area contributed by atoms with Gasteiger partial charge in [-0.25, -0.2) is 0 Å². The zero-order valence-electron chi connectivity index (χ0n) is 15.7. The molecule has 7 heteroatoms. The molecule has 0 amide bonds. The zero-order valence-corrected chi connectivity index (χ0v) is 20.8. The number of unbranched alkanes of at least 4 members (excludes halogenated alkanes) is 1. The first kappa shape index (κ1) is 24.0. The van der Waals surface area contributed by atoms with Crippen LogP contribution in [0.4, 0.5) is 0 Å². The summed E-state index contributed by atoms with van der Waals surface area (Å²) in [6, 6.07) is 16.5. The number of halogens is 2. The van der Waals surface area contributed by atoms with E-state index in [9.17, 15) is 13.5 Å². The maximum absolute atomic E-state index is 12.0. The highest BCUT2D eigenvalue weighted by Gasteiger charge is 2.17. The fraction of sp³-hybridized carbons (Fsp3) is 0.429. The number of aryl methyl sites for hydroxylation is 2. The van der Waals surface area contributed by atoms with Crippen LogP contribution in [0.3, 0.4) is 0 Å². The molecule has 0 heterocycles. The standard InChI is InChI=1S/C21H26I2O4S/c22-19-10-3-7-17(14-19)6-1-2-13-27-28(25,26)16-21(24)12-5-9-18-8-4-11-20(23)15-18/h3-4,7-8,10-11,14-15,21,24H,1-2,5-6,9,12-13,16H2. The van der Waals surface area contributed by atoms with Gasteiger partial charge in [-0.3, -0.25) is 4.18 Å². The summed E-state index contributed by atoms with van der Waals surface area (Å²) < 4.78 is 31.5. The number of aliphatic hydroxyl groups is 1. The molecule has 1 atom stereocenters. The van der Waals surface area contributed by atoms with E-state index in [0.717, 1.165) is 25.7 Å². The van der Waals surface area contributed by atoms with E-state index >= 15 is 0 Å². The smallest absolute Gasteiger partial charge is 0.269 e. The van der Waals surface area contributed by atoms with Crippen LogP contribution in [0, 0.1) is 7.14 Å². The quantitative estimate of drug-likeness (QED) is 0.206. The molecule has 0 radical (unpaired) electrons. The van der Waals surface area contributed by atoms with Crippen molar-refractivity contribution in [3.05, 3.63) is 66.8 Å². The summed E-state index contributed by atoms with van der Waals surface area (Å²) in [5.41, 5.74) is 2.45. The van der Waals surface area contributed by atoms with E-state index in [0.29, 0.717) is 12.8 Å². The Morgan fingerprint density at radius 2 is 1.46 bits per heavy atom. The second-order valence-corrected chi connectivity index (χ2v) is 11.0. The molecule has 0 spiro atoms. The topological polar surface area (TPSA) is 63.6 Å². The molecule has 2 aromatic rings. The summed E-state index contributed by atoms with van der Waals surface area (Å²) in [4.78, 5) is 0. The van der Waals surface area contributed by atoms with E-state index in [-0.39, 0.29) is 12.4 Å². The van der Waals surface area contributed by atoms with Crippen molar-refractivity contribution in [2.24, 2.45) is 0 Å². The minimum Gasteiger partial charge on any atom is -0.392 e. The molecule has 2 aromatic carbocycles. The van der Waals surface area contributed by atoms with Gasteiger partial charge in [-0.15, -0.1) is 0 Å². The highest BCUT2D eigenvalue weighted by molar-refractivity contribution is 14.1. The minimum atomic E-state index is -3.69. The number of aliphatic hydroxyl groups excluding tert-OH is 1.